The average Bonchev–Trinajstić information content (AvgIpc) is 2.66. The van der Waals surface area contributed by atoms with Crippen molar-refractivity contribution in [1.29, 1.82) is 0 Å². The van der Waals surface area contributed by atoms with Crippen LogP contribution in [0.15, 0.2) is 54.6 Å². The monoisotopic (exact) mass is 372 g/mol. The van der Waals surface area contributed by atoms with Crippen LogP contribution in [0.1, 0.15) is 31.4 Å². The van der Waals surface area contributed by atoms with Crippen molar-refractivity contribution in [1.82, 2.24) is 10.2 Å². The zero-order valence-corrected chi connectivity index (χ0v) is 16.0. The molecule has 1 N–H and O–H groups in total. The van der Waals surface area contributed by atoms with Crippen molar-refractivity contribution in [2.24, 2.45) is 0 Å². The van der Waals surface area contributed by atoms with Crippen LogP contribution < -0.4 is 5.32 Å². The topological polar surface area (TPSA) is 49.4 Å². The quantitative estimate of drug-likeness (QED) is 0.765. The number of carbonyl (C=O) groups excluding carboxylic acids is 2. The summed E-state index contributed by atoms with van der Waals surface area (Å²) in [6.45, 7) is 4.77. The molecule has 1 unspecified atom stereocenters. The van der Waals surface area contributed by atoms with Gasteiger partial charge in [-0.1, -0.05) is 61.0 Å². The number of amides is 2. The minimum atomic E-state index is -0.540. The van der Waals surface area contributed by atoms with E-state index in [4.69, 9.17) is 11.6 Å². The van der Waals surface area contributed by atoms with Gasteiger partial charge in [-0.25, -0.2) is 0 Å². The van der Waals surface area contributed by atoms with Crippen molar-refractivity contribution in [3.63, 3.8) is 0 Å². The standard InChI is InChI=1S/C21H25ClN2O2/c1-3-13-23-21(26)16(2)24(15-18-7-5-4-6-8-18)20(25)14-17-9-11-19(22)12-10-17/h4-12,16H,3,13-15H2,1-2H3,(H,23,26). The Morgan fingerprint density at radius 3 is 2.31 bits per heavy atom. The smallest absolute Gasteiger partial charge is 0.242 e. The van der Waals surface area contributed by atoms with Gasteiger partial charge in [-0.2, -0.15) is 0 Å². The summed E-state index contributed by atoms with van der Waals surface area (Å²) in [5.74, 6) is -0.220. The third-order valence-electron chi connectivity index (χ3n) is 4.18. The first-order valence-electron chi connectivity index (χ1n) is 8.86. The lowest BCUT2D eigenvalue weighted by atomic mass is 10.1. The Kier molecular flexibility index (Phi) is 7.67. The lowest BCUT2D eigenvalue weighted by molar-refractivity contribution is -0.140. The predicted octanol–water partition coefficient (Wildman–Crippen LogP) is 3.83. The summed E-state index contributed by atoms with van der Waals surface area (Å²) < 4.78 is 0. The number of halogens is 1. The summed E-state index contributed by atoms with van der Waals surface area (Å²) in [5, 5.41) is 3.51. The van der Waals surface area contributed by atoms with Crippen LogP contribution >= 0.6 is 11.6 Å². The molecular formula is C21H25ClN2O2. The summed E-state index contributed by atoms with van der Waals surface area (Å²) in [5.41, 5.74) is 1.87. The Morgan fingerprint density at radius 2 is 1.69 bits per heavy atom. The molecule has 0 spiro atoms. The van der Waals surface area contributed by atoms with Crippen molar-refractivity contribution in [3.8, 4) is 0 Å². The van der Waals surface area contributed by atoms with Crippen LogP contribution in [0.4, 0.5) is 0 Å². The normalized spacial score (nSPS) is 11.7. The number of hydrogen-bond acceptors (Lipinski definition) is 2. The molecule has 4 nitrogen and oxygen atoms in total. The zero-order chi connectivity index (χ0) is 18.9. The summed E-state index contributed by atoms with van der Waals surface area (Å²) in [6, 6.07) is 16.4. The molecule has 0 heterocycles. The van der Waals surface area contributed by atoms with Crippen LogP contribution in [0, 0.1) is 0 Å². The van der Waals surface area contributed by atoms with E-state index in [0.29, 0.717) is 18.1 Å². The SMILES string of the molecule is CCCNC(=O)C(C)N(Cc1ccccc1)C(=O)Cc1ccc(Cl)cc1. The fourth-order valence-electron chi connectivity index (χ4n) is 2.64. The van der Waals surface area contributed by atoms with E-state index in [-0.39, 0.29) is 18.2 Å². The van der Waals surface area contributed by atoms with Gasteiger partial charge in [0, 0.05) is 18.1 Å². The van der Waals surface area contributed by atoms with E-state index in [9.17, 15) is 9.59 Å². The van der Waals surface area contributed by atoms with Gasteiger partial charge in [0.1, 0.15) is 6.04 Å². The number of nitrogens with zero attached hydrogens (tertiary/aromatic N) is 1. The van der Waals surface area contributed by atoms with E-state index in [1.807, 2.05) is 49.4 Å². The van der Waals surface area contributed by atoms with Crippen LogP contribution in [0.5, 0.6) is 0 Å². The molecule has 0 saturated heterocycles. The molecule has 0 radical (unpaired) electrons. The Bertz CT molecular complexity index is 717. The van der Waals surface area contributed by atoms with E-state index in [2.05, 4.69) is 5.32 Å². The number of rotatable bonds is 8. The largest absolute Gasteiger partial charge is 0.354 e. The molecule has 1 atom stereocenters. The fraction of sp³-hybridized carbons (Fsp3) is 0.333. The van der Waals surface area contributed by atoms with Gasteiger partial charge in [0.2, 0.25) is 11.8 Å². The molecule has 2 aromatic rings. The third-order valence-corrected chi connectivity index (χ3v) is 4.43. The summed E-state index contributed by atoms with van der Waals surface area (Å²) in [6.07, 6.45) is 1.09. The maximum absolute atomic E-state index is 12.9. The molecule has 0 fully saturated rings. The fourth-order valence-corrected chi connectivity index (χ4v) is 2.76. The summed E-state index contributed by atoms with van der Waals surface area (Å²) >= 11 is 5.91. The highest BCUT2D eigenvalue weighted by Crippen LogP contribution is 2.14. The maximum Gasteiger partial charge on any atom is 0.242 e. The highest BCUT2D eigenvalue weighted by Gasteiger charge is 2.25. The number of hydrogen-bond donors (Lipinski definition) is 1. The molecule has 2 aromatic carbocycles. The van der Waals surface area contributed by atoms with E-state index >= 15 is 0 Å². The van der Waals surface area contributed by atoms with Crippen LogP contribution in [0.25, 0.3) is 0 Å². The van der Waals surface area contributed by atoms with Gasteiger partial charge in [0.25, 0.3) is 0 Å². The van der Waals surface area contributed by atoms with Gasteiger partial charge in [0.05, 0.1) is 6.42 Å². The van der Waals surface area contributed by atoms with E-state index in [1.165, 1.54) is 0 Å². The molecular weight excluding hydrogens is 348 g/mol. The highest BCUT2D eigenvalue weighted by atomic mass is 35.5. The molecule has 0 saturated carbocycles. The molecule has 0 aliphatic rings. The van der Waals surface area contributed by atoms with Crippen molar-refractivity contribution in [2.75, 3.05) is 6.54 Å². The molecule has 0 aliphatic carbocycles. The molecule has 2 amide bonds. The molecule has 2 rings (SSSR count). The van der Waals surface area contributed by atoms with Gasteiger partial charge in [-0.05, 0) is 36.6 Å². The highest BCUT2D eigenvalue weighted by molar-refractivity contribution is 6.30. The van der Waals surface area contributed by atoms with Gasteiger partial charge < -0.3 is 10.2 Å². The van der Waals surface area contributed by atoms with E-state index in [0.717, 1.165) is 17.5 Å². The van der Waals surface area contributed by atoms with Crippen LogP contribution in [-0.2, 0) is 22.6 Å². The number of nitrogens with one attached hydrogen (secondary N) is 1. The Hall–Kier alpha value is -2.33. The summed E-state index contributed by atoms with van der Waals surface area (Å²) in [4.78, 5) is 27.0. The first kappa shape index (κ1) is 20.0. The van der Waals surface area contributed by atoms with Crippen molar-refractivity contribution in [3.05, 3.63) is 70.7 Å². The van der Waals surface area contributed by atoms with Crippen molar-refractivity contribution >= 4 is 23.4 Å². The van der Waals surface area contributed by atoms with Crippen LogP contribution in [0.3, 0.4) is 0 Å². The first-order valence-corrected chi connectivity index (χ1v) is 9.24. The van der Waals surface area contributed by atoms with Gasteiger partial charge in [0.15, 0.2) is 0 Å². The second kappa shape index (κ2) is 9.97. The molecule has 0 aliphatic heterocycles. The second-order valence-corrected chi connectivity index (χ2v) is 6.71. The van der Waals surface area contributed by atoms with Crippen molar-refractivity contribution in [2.45, 2.75) is 39.3 Å². The Balaban J connectivity index is 2.16. The van der Waals surface area contributed by atoms with Gasteiger partial charge >= 0.3 is 0 Å². The average molecular weight is 373 g/mol. The Morgan fingerprint density at radius 1 is 1.04 bits per heavy atom. The van der Waals surface area contributed by atoms with Crippen LogP contribution in [0.2, 0.25) is 5.02 Å². The number of benzene rings is 2. The van der Waals surface area contributed by atoms with E-state index < -0.39 is 6.04 Å². The predicted molar refractivity (Wildman–Crippen MR) is 105 cm³/mol. The minimum Gasteiger partial charge on any atom is -0.354 e. The molecule has 0 bridgehead atoms. The lowest BCUT2D eigenvalue weighted by Gasteiger charge is -2.29. The molecule has 0 aromatic heterocycles. The Labute approximate surface area is 160 Å². The minimum absolute atomic E-state index is 0.0877. The molecule has 138 valence electrons. The first-order chi connectivity index (χ1) is 12.5. The van der Waals surface area contributed by atoms with Crippen molar-refractivity contribution < 1.29 is 9.59 Å². The second-order valence-electron chi connectivity index (χ2n) is 6.28. The zero-order valence-electron chi connectivity index (χ0n) is 15.2. The number of carbonyl (C=O) groups is 2. The lowest BCUT2D eigenvalue weighted by Crippen LogP contribution is -2.48. The summed E-state index contributed by atoms with van der Waals surface area (Å²) in [7, 11) is 0. The van der Waals surface area contributed by atoms with Gasteiger partial charge in [-0.3, -0.25) is 9.59 Å². The molecule has 26 heavy (non-hydrogen) atoms. The van der Waals surface area contributed by atoms with Crippen LogP contribution in [-0.4, -0.2) is 29.3 Å². The van der Waals surface area contributed by atoms with E-state index in [1.54, 1.807) is 24.0 Å². The molecule has 5 heteroatoms. The third kappa shape index (κ3) is 5.88. The van der Waals surface area contributed by atoms with Gasteiger partial charge in [-0.15, -0.1) is 0 Å². The maximum atomic E-state index is 12.9.